The van der Waals surface area contributed by atoms with Crippen LogP contribution >= 0.6 is 0 Å². The standard InChI is InChI=1S/C23H34N4O2/c1-3-5-8-12-27-21-10-7-6-9-20(21)22(25-27)23(28)24-17-13-18-15-29-16-19(14-17)26(18)11-4-2/h6-7,9-10,17-19H,3-5,8,11-16H2,1-2H3,(H,24,28). The number of unbranched alkanes of at least 4 members (excludes halogenated alkanes) is 2. The van der Waals surface area contributed by atoms with E-state index < -0.39 is 0 Å². The van der Waals surface area contributed by atoms with Crippen LogP contribution in [0.4, 0.5) is 0 Å². The van der Waals surface area contributed by atoms with Gasteiger partial charge in [0.25, 0.3) is 5.91 Å². The number of para-hydroxylation sites is 1. The van der Waals surface area contributed by atoms with Crippen LogP contribution in [0, 0.1) is 0 Å². The molecule has 0 radical (unpaired) electrons. The highest BCUT2D eigenvalue weighted by molar-refractivity contribution is 6.05. The lowest BCUT2D eigenvalue weighted by atomic mass is 9.89. The Balaban J connectivity index is 1.48. The third-order valence-corrected chi connectivity index (χ3v) is 6.34. The number of aromatic nitrogens is 2. The van der Waals surface area contributed by atoms with Gasteiger partial charge in [-0.05, 0) is 38.3 Å². The Hall–Kier alpha value is -1.92. The number of nitrogens with one attached hydrogen (secondary N) is 1. The molecule has 0 spiro atoms. The number of aryl methyl sites for hydroxylation is 1. The molecule has 1 aromatic heterocycles. The van der Waals surface area contributed by atoms with Crippen LogP contribution in [-0.4, -0.2) is 58.5 Å². The molecule has 1 aromatic carbocycles. The quantitative estimate of drug-likeness (QED) is 0.690. The van der Waals surface area contributed by atoms with Crippen molar-refractivity contribution in [3.8, 4) is 0 Å². The van der Waals surface area contributed by atoms with Gasteiger partial charge in [-0.2, -0.15) is 5.10 Å². The van der Waals surface area contributed by atoms with Crippen molar-refractivity contribution in [2.24, 2.45) is 0 Å². The molecular weight excluding hydrogens is 364 g/mol. The summed E-state index contributed by atoms with van der Waals surface area (Å²) < 4.78 is 7.79. The molecular formula is C23H34N4O2. The zero-order valence-corrected chi connectivity index (χ0v) is 17.8. The molecule has 0 saturated carbocycles. The zero-order chi connectivity index (χ0) is 20.2. The minimum absolute atomic E-state index is 0.0385. The van der Waals surface area contributed by atoms with Crippen LogP contribution in [-0.2, 0) is 11.3 Å². The topological polar surface area (TPSA) is 59.4 Å². The molecule has 1 N–H and O–H groups in total. The van der Waals surface area contributed by atoms with Crippen molar-refractivity contribution in [1.82, 2.24) is 20.0 Å². The number of benzene rings is 1. The SMILES string of the molecule is CCCCCn1nc(C(=O)NC2CC3COCC(C2)N3CCC)c2ccccc21. The van der Waals surface area contributed by atoms with Gasteiger partial charge in [0, 0.05) is 30.1 Å². The van der Waals surface area contributed by atoms with E-state index in [-0.39, 0.29) is 11.9 Å². The summed E-state index contributed by atoms with van der Waals surface area (Å²) in [5, 5.41) is 8.97. The van der Waals surface area contributed by atoms with Gasteiger partial charge in [-0.3, -0.25) is 14.4 Å². The monoisotopic (exact) mass is 398 g/mol. The highest BCUT2D eigenvalue weighted by Gasteiger charge is 2.39. The first kappa shape index (κ1) is 20.4. The van der Waals surface area contributed by atoms with Crippen molar-refractivity contribution in [3.63, 3.8) is 0 Å². The van der Waals surface area contributed by atoms with Crippen molar-refractivity contribution in [2.45, 2.75) is 77.0 Å². The molecule has 6 nitrogen and oxygen atoms in total. The Morgan fingerprint density at radius 3 is 2.59 bits per heavy atom. The molecule has 2 saturated heterocycles. The van der Waals surface area contributed by atoms with E-state index in [1.807, 2.05) is 22.9 Å². The number of hydrogen-bond donors (Lipinski definition) is 1. The maximum atomic E-state index is 13.2. The number of nitrogens with zero attached hydrogens (tertiary/aromatic N) is 3. The number of hydrogen-bond acceptors (Lipinski definition) is 4. The number of amides is 1. The lowest BCUT2D eigenvalue weighted by Crippen LogP contribution is -2.60. The van der Waals surface area contributed by atoms with E-state index >= 15 is 0 Å². The normalized spacial score (nSPS) is 24.7. The first-order chi connectivity index (χ1) is 14.2. The highest BCUT2D eigenvalue weighted by Crippen LogP contribution is 2.28. The molecule has 6 heteroatoms. The number of fused-ring (bicyclic) bond motifs is 3. The van der Waals surface area contributed by atoms with Gasteiger partial charge in [-0.25, -0.2) is 0 Å². The summed E-state index contributed by atoms with van der Waals surface area (Å²) in [5.74, 6) is -0.0385. The van der Waals surface area contributed by atoms with Gasteiger partial charge >= 0.3 is 0 Å². The molecule has 2 aliphatic rings. The minimum Gasteiger partial charge on any atom is -0.378 e. The van der Waals surface area contributed by atoms with Crippen molar-refractivity contribution < 1.29 is 9.53 Å². The van der Waals surface area contributed by atoms with Crippen LogP contribution in [0.3, 0.4) is 0 Å². The van der Waals surface area contributed by atoms with Crippen LogP contribution < -0.4 is 5.32 Å². The number of carbonyl (C=O) groups excluding carboxylic acids is 1. The van der Waals surface area contributed by atoms with Crippen LogP contribution in [0.2, 0.25) is 0 Å². The Bertz CT molecular complexity index is 819. The predicted molar refractivity (Wildman–Crippen MR) is 115 cm³/mol. The third kappa shape index (κ3) is 4.33. The van der Waals surface area contributed by atoms with Gasteiger partial charge in [0.2, 0.25) is 0 Å². The zero-order valence-electron chi connectivity index (χ0n) is 17.8. The number of carbonyl (C=O) groups is 1. The molecule has 0 aliphatic carbocycles. The average Bonchev–Trinajstić information content (AvgIpc) is 3.08. The van der Waals surface area contributed by atoms with Crippen LogP contribution in [0.25, 0.3) is 10.9 Å². The molecule has 3 heterocycles. The fourth-order valence-corrected chi connectivity index (χ4v) is 4.96. The Labute approximate surface area is 173 Å². The van der Waals surface area contributed by atoms with Gasteiger partial charge in [0.15, 0.2) is 5.69 Å². The lowest BCUT2D eigenvalue weighted by Gasteiger charge is -2.48. The average molecular weight is 399 g/mol. The highest BCUT2D eigenvalue weighted by atomic mass is 16.5. The van der Waals surface area contributed by atoms with E-state index in [1.54, 1.807) is 0 Å². The Morgan fingerprint density at radius 1 is 1.10 bits per heavy atom. The summed E-state index contributed by atoms with van der Waals surface area (Å²) in [4.78, 5) is 15.8. The molecule has 29 heavy (non-hydrogen) atoms. The summed E-state index contributed by atoms with van der Waals surface area (Å²) in [5.41, 5.74) is 1.62. The van der Waals surface area contributed by atoms with Crippen LogP contribution in [0.1, 0.15) is 62.9 Å². The summed E-state index contributed by atoms with van der Waals surface area (Å²) in [6.07, 6.45) is 6.51. The van der Waals surface area contributed by atoms with Gasteiger partial charge in [0.1, 0.15) is 0 Å². The van der Waals surface area contributed by atoms with Gasteiger partial charge < -0.3 is 10.1 Å². The van der Waals surface area contributed by atoms with Gasteiger partial charge in [-0.1, -0.05) is 44.9 Å². The second kappa shape index (κ2) is 9.26. The number of ether oxygens (including phenoxy) is 1. The Morgan fingerprint density at radius 2 is 1.86 bits per heavy atom. The second-order valence-electron chi connectivity index (χ2n) is 8.52. The van der Waals surface area contributed by atoms with Crippen LogP contribution in [0.15, 0.2) is 24.3 Å². The maximum Gasteiger partial charge on any atom is 0.272 e. The summed E-state index contributed by atoms with van der Waals surface area (Å²) in [6, 6.07) is 9.11. The molecule has 2 aliphatic heterocycles. The summed E-state index contributed by atoms with van der Waals surface area (Å²) >= 11 is 0. The van der Waals surface area contributed by atoms with E-state index in [2.05, 4.69) is 30.1 Å². The van der Waals surface area contributed by atoms with Crippen molar-refractivity contribution in [2.75, 3.05) is 19.8 Å². The van der Waals surface area contributed by atoms with E-state index in [1.165, 1.54) is 12.8 Å². The predicted octanol–water partition coefficient (Wildman–Crippen LogP) is 3.60. The molecule has 2 unspecified atom stereocenters. The smallest absolute Gasteiger partial charge is 0.272 e. The van der Waals surface area contributed by atoms with E-state index in [0.717, 1.165) is 62.9 Å². The van der Waals surface area contributed by atoms with Crippen molar-refractivity contribution in [1.29, 1.82) is 0 Å². The second-order valence-corrected chi connectivity index (χ2v) is 8.52. The molecule has 158 valence electrons. The van der Waals surface area contributed by atoms with E-state index in [9.17, 15) is 4.79 Å². The molecule has 4 rings (SSSR count). The first-order valence-electron chi connectivity index (χ1n) is 11.3. The molecule has 2 atom stereocenters. The fourth-order valence-electron chi connectivity index (χ4n) is 4.96. The lowest BCUT2D eigenvalue weighted by molar-refractivity contribution is -0.0797. The van der Waals surface area contributed by atoms with Crippen molar-refractivity contribution in [3.05, 3.63) is 30.0 Å². The number of piperidine rings is 1. The summed E-state index contributed by atoms with van der Waals surface area (Å²) in [6.45, 7) is 7.96. The molecule has 2 aromatic rings. The largest absolute Gasteiger partial charge is 0.378 e. The minimum atomic E-state index is -0.0385. The molecule has 2 bridgehead atoms. The van der Waals surface area contributed by atoms with Gasteiger partial charge in [0.05, 0.1) is 18.7 Å². The molecule has 2 fully saturated rings. The third-order valence-electron chi connectivity index (χ3n) is 6.34. The fraction of sp³-hybridized carbons (Fsp3) is 0.652. The number of rotatable bonds is 8. The van der Waals surface area contributed by atoms with Crippen LogP contribution in [0.5, 0.6) is 0 Å². The van der Waals surface area contributed by atoms with Crippen molar-refractivity contribution >= 4 is 16.8 Å². The van der Waals surface area contributed by atoms with E-state index in [0.29, 0.717) is 17.8 Å². The maximum absolute atomic E-state index is 13.2. The van der Waals surface area contributed by atoms with E-state index in [4.69, 9.17) is 9.84 Å². The Kier molecular flexibility index (Phi) is 6.50. The summed E-state index contributed by atoms with van der Waals surface area (Å²) in [7, 11) is 0. The molecule has 1 amide bonds. The number of morpholine rings is 1. The van der Waals surface area contributed by atoms with Gasteiger partial charge in [-0.15, -0.1) is 0 Å². The first-order valence-corrected chi connectivity index (χ1v) is 11.3.